The summed E-state index contributed by atoms with van der Waals surface area (Å²) in [4.78, 5) is 35.8. The number of hydrogen-bond acceptors (Lipinski definition) is 4. The molecule has 0 saturated heterocycles. The van der Waals surface area contributed by atoms with E-state index < -0.39 is 11.9 Å². The quantitative estimate of drug-likeness (QED) is 0.726. The van der Waals surface area contributed by atoms with Crippen molar-refractivity contribution in [3.63, 3.8) is 0 Å². The number of carbonyl (C=O) groups is 3. The minimum absolute atomic E-state index is 0.0173. The summed E-state index contributed by atoms with van der Waals surface area (Å²) in [5.74, 6) is -0.896. The van der Waals surface area contributed by atoms with Crippen LogP contribution in [0.15, 0.2) is 22.8 Å². The van der Waals surface area contributed by atoms with Gasteiger partial charge in [0, 0.05) is 23.8 Å². The second-order valence-corrected chi connectivity index (χ2v) is 5.97. The summed E-state index contributed by atoms with van der Waals surface area (Å²) in [6, 6.07) is 0. The maximum absolute atomic E-state index is 12.3. The van der Waals surface area contributed by atoms with Crippen LogP contribution in [0.2, 0.25) is 0 Å². The van der Waals surface area contributed by atoms with Crippen molar-refractivity contribution in [1.29, 1.82) is 0 Å². The summed E-state index contributed by atoms with van der Waals surface area (Å²) in [6.07, 6.45) is 3.30. The molecule has 0 spiro atoms. The van der Waals surface area contributed by atoms with Crippen LogP contribution in [0.5, 0.6) is 0 Å². The van der Waals surface area contributed by atoms with Crippen LogP contribution < -0.4 is 0 Å². The van der Waals surface area contributed by atoms with Crippen LogP contribution in [0.4, 0.5) is 0 Å². The van der Waals surface area contributed by atoms with Gasteiger partial charge in [-0.3, -0.25) is 14.4 Å². The number of fused-ring (bicyclic) bond motifs is 1. The van der Waals surface area contributed by atoms with Gasteiger partial charge in [0.15, 0.2) is 11.6 Å². The first-order valence-electron chi connectivity index (χ1n) is 6.87. The maximum Gasteiger partial charge on any atom is 0.312 e. The number of Topliss-reactive ketones (excluding diaryl/α,β-unsaturated/α-hetero) is 2. The van der Waals surface area contributed by atoms with Gasteiger partial charge in [0.1, 0.15) is 0 Å². The topological polar surface area (TPSA) is 60.4 Å². The van der Waals surface area contributed by atoms with Crippen LogP contribution in [0.25, 0.3) is 0 Å². The molecule has 0 fully saturated rings. The van der Waals surface area contributed by atoms with Gasteiger partial charge in [0.05, 0.1) is 13.0 Å². The molecule has 108 valence electrons. The summed E-state index contributed by atoms with van der Waals surface area (Å²) in [6.45, 7) is 5.49. The van der Waals surface area contributed by atoms with E-state index in [-0.39, 0.29) is 17.0 Å². The standard InChI is InChI=1S/C16H20O4/c1-9(15(19)20-4)11-7-12-10(2)13(17)5-6-16(12,3)8-14(11)18/h7,9H,5-6,8H2,1-4H3/t9-,16+/m0/s1. The van der Waals surface area contributed by atoms with Gasteiger partial charge < -0.3 is 4.74 Å². The lowest BCUT2D eigenvalue weighted by molar-refractivity contribution is -0.144. The molecule has 2 rings (SSSR count). The zero-order valence-corrected chi connectivity index (χ0v) is 12.4. The van der Waals surface area contributed by atoms with Crippen molar-refractivity contribution < 1.29 is 19.1 Å². The van der Waals surface area contributed by atoms with Crippen LogP contribution in [0.3, 0.4) is 0 Å². The van der Waals surface area contributed by atoms with Crippen LogP contribution in [-0.2, 0) is 19.1 Å². The van der Waals surface area contributed by atoms with E-state index in [1.54, 1.807) is 13.0 Å². The highest BCUT2D eigenvalue weighted by Gasteiger charge is 2.42. The predicted octanol–water partition coefficient (Wildman–Crippen LogP) is 2.38. The van der Waals surface area contributed by atoms with Gasteiger partial charge in [-0.2, -0.15) is 0 Å². The Morgan fingerprint density at radius 3 is 2.60 bits per heavy atom. The molecule has 2 aliphatic carbocycles. The highest BCUT2D eigenvalue weighted by atomic mass is 16.5. The second kappa shape index (κ2) is 5.00. The first-order valence-corrected chi connectivity index (χ1v) is 6.87. The van der Waals surface area contributed by atoms with Crippen LogP contribution in [0, 0.1) is 11.3 Å². The molecule has 0 amide bonds. The molecule has 20 heavy (non-hydrogen) atoms. The molecular formula is C16H20O4. The predicted molar refractivity (Wildman–Crippen MR) is 73.9 cm³/mol. The number of hydrogen-bond donors (Lipinski definition) is 0. The number of methoxy groups -OCH3 is 1. The Balaban J connectivity index is 2.51. The van der Waals surface area contributed by atoms with Crippen molar-refractivity contribution in [3.8, 4) is 0 Å². The first-order chi connectivity index (χ1) is 9.30. The lowest BCUT2D eigenvalue weighted by Gasteiger charge is -2.39. The third kappa shape index (κ3) is 2.23. The SMILES string of the molecule is COC(=O)[C@@H](C)C1=CC2=C(C)C(=O)CC[C@]2(C)CC1=O. The number of ether oxygens (including phenoxy) is 1. The van der Waals surface area contributed by atoms with E-state index in [9.17, 15) is 14.4 Å². The minimum Gasteiger partial charge on any atom is -0.469 e. The lowest BCUT2D eigenvalue weighted by Crippen LogP contribution is -2.35. The van der Waals surface area contributed by atoms with Crippen molar-refractivity contribution >= 4 is 17.5 Å². The largest absolute Gasteiger partial charge is 0.469 e. The van der Waals surface area contributed by atoms with Crippen molar-refractivity contribution in [2.24, 2.45) is 11.3 Å². The zero-order chi connectivity index (χ0) is 15.1. The molecule has 4 nitrogen and oxygen atoms in total. The number of rotatable bonds is 2. The van der Waals surface area contributed by atoms with Gasteiger partial charge in [-0.25, -0.2) is 0 Å². The van der Waals surface area contributed by atoms with Crippen molar-refractivity contribution in [2.45, 2.75) is 40.0 Å². The monoisotopic (exact) mass is 276 g/mol. The fraction of sp³-hybridized carbons (Fsp3) is 0.562. The summed E-state index contributed by atoms with van der Waals surface area (Å²) in [5.41, 5.74) is 1.83. The molecule has 4 heteroatoms. The van der Waals surface area contributed by atoms with E-state index in [0.717, 1.165) is 11.1 Å². The van der Waals surface area contributed by atoms with Crippen LogP contribution in [-0.4, -0.2) is 24.6 Å². The summed E-state index contributed by atoms with van der Waals surface area (Å²) >= 11 is 0. The van der Waals surface area contributed by atoms with Gasteiger partial charge >= 0.3 is 5.97 Å². The third-order valence-corrected chi connectivity index (χ3v) is 4.57. The lowest BCUT2D eigenvalue weighted by atomic mass is 9.63. The molecule has 0 aromatic rings. The molecule has 0 saturated carbocycles. The maximum atomic E-state index is 12.3. The molecule has 2 atom stereocenters. The van der Waals surface area contributed by atoms with E-state index in [1.165, 1.54) is 7.11 Å². The summed E-state index contributed by atoms with van der Waals surface area (Å²) in [5, 5.41) is 0. The Hall–Kier alpha value is -1.71. The molecular weight excluding hydrogens is 256 g/mol. The number of ketones is 2. The smallest absolute Gasteiger partial charge is 0.312 e. The van der Waals surface area contributed by atoms with E-state index in [4.69, 9.17) is 4.74 Å². The Labute approximate surface area is 118 Å². The second-order valence-electron chi connectivity index (χ2n) is 5.97. The molecule has 2 aliphatic rings. The fourth-order valence-electron chi connectivity index (χ4n) is 3.14. The van der Waals surface area contributed by atoms with E-state index in [0.29, 0.717) is 24.8 Å². The van der Waals surface area contributed by atoms with Gasteiger partial charge in [-0.15, -0.1) is 0 Å². The fourth-order valence-corrected chi connectivity index (χ4v) is 3.14. The Bertz CT molecular complexity index is 553. The number of carbonyl (C=O) groups excluding carboxylic acids is 3. The van der Waals surface area contributed by atoms with E-state index in [2.05, 4.69) is 0 Å². The Morgan fingerprint density at radius 2 is 2.00 bits per heavy atom. The van der Waals surface area contributed by atoms with E-state index in [1.807, 2.05) is 13.8 Å². The number of esters is 1. The molecule has 0 bridgehead atoms. The van der Waals surface area contributed by atoms with Crippen molar-refractivity contribution in [1.82, 2.24) is 0 Å². The summed E-state index contributed by atoms with van der Waals surface area (Å²) < 4.78 is 4.71. The molecule has 0 aromatic carbocycles. The average molecular weight is 276 g/mol. The molecule has 0 heterocycles. The van der Waals surface area contributed by atoms with Crippen molar-refractivity contribution in [3.05, 3.63) is 22.8 Å². The first kappa shape index (κ1) is 14.7. The summed E-state index contributed by atoms with van der Waals surface area (Å²) in [7, 11) is 1.31. The third-order valence-electron chi connectivity index (χ3n) is 4.57. The Kier molecular flexibility index (Phi) is 3.67. The molecule has 0 aliphatic heterocycles. The molecule has 0 N–H and O–H groups in total. The molecule has 0 unspecified atom stereocenters. The molecule has 0 aromatic heterocycles. The average Bonchev–Trinajstić information content (AvgIpc) is 2.41. The minimum atomic E-state index is -0.589. The highest BCUT2D eigenvalue weighted by Crippen LogP contribution is 2.47. The number of allylic oxidation sites excluding steroid dienone is 3. The Morgan fingerprint density at radius 1 is 1.35 bits per heavy atom. The van der Waals surface area contributed by atoms with Gasteiger partial charge in [-0.05, 0) is 31.4 Å². The van der Waals surface area contributed by atoms with Gasteiger partial charge in [0.25, 0.3) is 0 Å². The zero-order valence-electron chi connectivity index (χ0n) is 12.4. The van der Waals surface area contributed by atoms with Crippen LogP contribution in [0.1, 0.15) is 40.0 Å². The van der Waals surface area contributed by atoms with Gasteiger partial charge in [-0.1, -0.05) is 13.0 Å². The molecule has 0 radical (unpaired) electrons. The van der Waals surface area contributed by atoms with Gasteiger partial charge in [0.2, 0.25) is 0 Å². The van der Waals surface area contributed by atoms with Crippen molar-refractivity contribution in [2.75, 3.05) is 7.11 Å². The van der Waals surface area contributed by atoms with Crippen LogP contribution >= 0.6 is 0 Å². The normalized spacial score (nSPS) is 27.9. The van der Waals surface area contributed by atoms with E-state index >= 15 is 0 Å². The highest BCUT2D eigenvalue weighted by molar-refractivity contribution is 6.05.